The molecule has 2 N–H and O–H groups in total. The van der Waals surface area contributed by atoms with Crippen molar-refractivity contribution in [2.24, 2.45) is 0 Å². The molecule has 0 radical (unpaired) electrons. The maximum Gasteiger partial charge on any atom is 0.191 e. The molecule has 0 saturated carbocycles. The van der Waals surface area contributed by atoms with Crippen molar-refractivity contribution in [3.05, 3.63) is 60.3 Å². The van der Waals surface area contributed by atoms with E-state index in [1.165, 1.54) is 5.56 Å². The summed E-state index contributed by atoms with van der Waals surface area (Å²) < 4.78 is 2.12. The van der Waals surface area contributed by atoms with Gasteiger partial charge in [-0.25, -0.2) is 0 Å². The number of aliphatic hydroxyl groups is 1. The molecule has 0 aliphatic carbocycles. The minimum absolute atomic E-state index is 0.542. The van der Waals surface area contributed by atoms with Gasteiger partial charge in [0.1, 0.15) is 6.23 Å². The van der Waals surface area contributed by atoms with Crippen molar-refractivity contribution in [2.45, 2.75) is 37.7 Å². The minimum Gasteiger partial charge on any atom is -0.373 e. The molecule has 1 aliphatic rings. The number of anilines is 1. The summed E-state index contributed by atoms with van der Waals surface area (Å²) in [5.74, 6) is 1.40. The van der Waals surface area contributed by atoms with Gasteiger partial charge in [0.15, 0.2) is 11.0 Å². The third-order valence-corrected chi connectivity index (χ3v) is 6.76. The predicted molar refractivity (Wildman–Crippen MR) is 122 cm³/mol. The van der Waals surface area contributed by atoms with Crippen molar-refractivity contribution in [2.75, 3.05) is 17.2 Å². The zero-order valence-corrected chi connectivity index (χ0v) is 17.8. The van der Waals surface area contributed by atoms with E-state index in [1.54, 1.807) is 11.8 Å². The molecule has 6 nitrogen and oxygen atoms in total. The number of rotatable bonds is 6. The first-order valence-corrected chi connectivity index (χ1v) is 11.4. The van der Waals surface area contributed by atoms with E-state index in [4.69, 9.17) is 0 Å². The third-order valence-electron chi connectivity index (χ3n) is 5.73. The first kappa shape index (κ1) is 19.2. The molecule has 3 heterocycles. The summed E-state index contributed by atoms with van der Waals surface area (Å²) in [7, 11) is 0. The SMILES string of the molecule is CCn1c(SCC(O)N2CCCc3ccccc32)nnc1-c1c[nH]c2ccccc12. The Bertz CT molecular complexity index is 1170. The number of benzene rings is 2. The quantitative estimate of drug-likeness (QED) is 0.456. The Labute approximate surface area is 179 Å². The number of nitrogens with one attached hydrogen (secondary N) is 1. The normalized spacial score (nSPS) is 14.8. The van der Waals surface area contributed by atoms with Crippen molar-refractivity contribution in [1.29, 1.82) is 0 Å². The molecule has 1 atom stereocenters. The topological polar surface area (TPSA) is 70.0 Å². The van der Waals surface area contributed by atoms with Gasteiger partial charge >= 0.3 is 0 Å². The van der Waals surface area contributed by atoms with E-state index in [-0.39, 0.29) is 0 Å². The molecule has 5 rings (SSSR count). The smallest absolute Gasteiger partial charge is 0.191 e. The number of aryl methyl sites for hydroxylation is 1. The van der Waals surface area contributed by atoms with Crippen LogP contribution >= 0.6 is 11.8 Å². The molecule has 7 heteroatoms. The number of nitrogens with zero attached hydrogens (tertiary/aromatic N) is 4. The van der Waals surface area contributed by atoms with Gasteiger partial charge in [-0.3, -0.25) is 0 Å². The monoisotopic (exact) mass is 419 g/mol. The number of aliphatic hydroxyl groups excluding tert-OH is 1. The fourth-order valence-corrected chi connectivity index (χ4v) is 5.20. The highest BCUT2D eigenvalue weighted by Gasteiger charge is 2.24. The second kappa shape index (κ2) is 8.16. The van der Waals surface area contributed by atoms with Crippen LogP contribution in [0, 0.1) is 0 Å². The lowest BCUT2D eigenvalue weighted by molar-refractivity contribution is 0.190. The molecule has 1 unspecified atom stereocenters. The number of H-pyrrole nitrogens is 1. The van der Waals surface area contributed by atoms with E-state index in [9.17, 15) is 5.11 Å². The third kappa shape index (κ3) is 3.38. The van der Waals surface area contributed by atoms with E-state index in [0.717, 1.165) is 59.1 Å². The van der Waals surface area contributed by atoms with Gasteiger partial charge in [-0.2, -0.15) is 0 Å². The summed E-state index contributed by atoms with van der Waals surface area (Å²) in [4.78, 5) is 5.43. The molecule has 2 aromatic carbocycles. The van der Waals surface area contributed by atoms with Crippen LogP contribution in [0.15, 0.2) is 59.9 Å². The zero-order valence-electron chi connectivity index (χ0n) is 17.0. The van der Waals surface area contributed by atoms with E-state index >= 15 is 0 Å². The fourth-order valence-electron chi connectivity index (χ4n) is 4.25. The molecule has 154 valence electrons. The Morgan fingerprint density at radius 3 is 2.87 bits per heavy atom. The summed E-state index contributed by atoms with van der Waals surface area (Å²) in [6.07, 6.45) is 3.57. The first-order valence-electron chi connectivity index (χ1n) is 10.4. The number of aromatic nitrogens is 4. The molecule has 0 spiro atoms. The molecule has 2 aromatic heterocycles. The summed E-state index contributed by atoms with van der Waals surface area (Å²) in [5, 5.41) is 21.8. The standard InChI is InChI=1S/C23H25N5OS/c1-2-27-22(18-14-24-19-11-5-4-10-17(18)19)25-26-23(27)30-15-21(29)28-13-7-9-16-8-3-6-12-20(16)28/h3-6,8,10-12,14,21,24,29H,2,7,9,13,15H2,1H3. The Morgan fingerprint density at radius 2 is 1.97 bits per heavy atom. The maximum absolute atomic E-state index is 10.9. The predicted octanol–water partition coefficient (Wildman–Crippen LogP) is 4.31. The van der Waals surface area contributed by atoms with Gasteiger partial charge in [0.05, 0.1) is 0 Å². The van der Waals surface area contributed by atoms with Crippen molar-refractivity contribution in [3.8, 4) is 11.4 Å². The van der Waals surface area contributed by atoms with Gasteiger partial charge in [0.2, 0.25) is 0 Å². The van der Waals surface area contributed by atoms with Gasteiger partial charge in [0, 0.05) is 47.2 Å². The van der Waals surface area contributed by atoms with Crippen LogP contribution < -0.4 is 4.90 Å². The van der Waals surface area contributed by atoms with Gasteiger partial charge in [0.25, 0.3) is 0 Å². The number of hydrogen-bond acceptors (Lipinski definition) is 5. The fraction of sp³-hybridized carbons (Fsp3) is 0.304. The molecule has 0 amide bonds. The molecule has 0 saturated heterocycles. The molecular weight excluding hydrogens is 394 g/mol. The summed E-state index contributed by atoms with van der Waals surface area (Å²) in [6.45, 7) is 3.75. The Morgan fingerprint density at radius 1 is 1.13 bits per heavy atom. The second-order valence-corrected chi connectivity index (χ2v) is 8.50. The van der Waals surface area contributed by atoms with Crippen LogP contribution in [-0.2, 0) is 13.0 Å². The van der Waals surface area contributed by atoms with E-state index in [0.29, 0.717) is 5.75 Å². The van der Waals surface area contributed by atoms with Crippen LogP contribution in [0.25, 0.3) is 22.3 Å². The van der Waals surface area contributed by atoms with Crippen LogP contribution in [0.2, 0.25) is 0 Å². The summed E-state index contributed by atoms with van der Waals surface area (Å²) in [5.41, 5.74) is 4.60. The second-order valence-electron chi connectivity index (χ2n) is 7.52. The van der Waals surface area contributed by atoms with Crippen LogP contribution in [-0.4, -0.2) is 43.4 Å². The maximum atomic E-state index is 10.9. The zero-order chi connectivity index (χ0) is 20.5. The van der Waals surface area contributed by atoms with E-state index < -0.39 is 6.23 Å². The van der Waals surface area contributed by atoms with Crippen molar-refractivity contribution in [1.82, 2.24) is 19.7 Å². The summed E-state index contributed by atoms with van der Waals surface area (Å²) >= 11 is 1.56. The van der Waals surface area contributed by atoms with E-state index in [2.05, 4.69) is 61.9 Å². The molecular formula is C23H25N5OS. The number of hydrogen-bond donors (Lipinski definition) is 2. The Hall–Kier alpha value is -2.77. The van der Waals surface area contributed by atoms with Crippen molar-refractivity contribution < 1.29 is 5.11 Å². The van der Waals surface area contributed by atoms with Crippen molar-refractivity contribution in [3.63, 3.8) is 0 Å². The first-order chi connectivity index (χ1) is 14.8. The van der Waals surface area contributed by atoms with Gasteiger partial charge in [-0.05, 0) is 37.5 Å². The lowest BCUT2D eigenvalue weighted by Crippen LogP contribution is -2.40. The molecule has 30 heavy (non-hydrogen) atoms. The molecule has 4 aromatic rings. The van der Waals surface area contributed by atoms with Crippen LogP contribution in [0.5, 0.6) is 0 Å². The van der Waals surface area contributed by atoms with Crippen LogP contribution in [0.4, 0.5) is 5.69 Å². The largest absolute Gasteiger partial charge is 0.373 e. The Kier molecular flexibility index (Phi) is 5.23. The highest BCUT2D eigenvalue weighted by atomic mass is 32.2. The van der Waals surface area contributed by atoms with Crippen LogP contribution in [0.3, 0.4) is 0 Å². The van der Waals surface area contributed by atoms with Gasteiger partial charge in [-0.1, -0.05) is 48.2 Å². The average molecular weight is 420 g/mol. The number of fused-ring (bicyclic) bond motifs is 2. The van der Waals surface area contributed by atoms with Gasteiger partial charge in [-0.15, -0.1) is 10.2 Å². The number of aromatic amines is 1. The van der Waals surface area contributed by atoms with Crippen LogP contribution in [0.1, 0.15) is 18.9 Å². The molecule has 1 aliphatic heterocycles. The average Bonchev–Trinajstić information content (AvgIpc) is 3.40. The molecule has 0 bridgehead atoms. The summed E-state index contributed by atoms with van der Waals surface area (Å²) in [6, 6.07) is 16.6. The lowest BCUT2D eigenvalue weighted by Gasteiger charge is -2.34. The highest BCUT2D eigenvalue weighted by molar-refractivity contribution is 7.99. The minimum atomic E-state index is -0.560. The van der Waals surface area contributed by atoms with Gasteiger partial charge < -0.3 is 19.6 Å². The lowest BCUT2D eigenvalue weighted by atomic mass is 10.0. The number of para-hydroxylation sites is 2. The van der Waals surface area contributed by atoms with Crippen molar-refractivity contribution >= 4 is 28.4 Å². The van der Waals surface area contributed by atoms with E-state index in [1.807, 2.05) is 24.4 Å². The number of thioether (sulfide) groups is 1. The highest BCUT2D eigenvalue weighted by Crippen LogP contribution is 2.32. The molecule has 0 fully saturated rings. The Balaban J connectivity index is 1.36.